The van der Waals surface area contributed by atoms with Crippen LogP contribution in [0.25, 0.3) is 0 Å². The molecule has 9 nitrogen and oxygen atoms in total. The third kappa shape index (κ3) is 6.61. The number of nitrogens with one attached hydrogen (secondary N) is 1. The molecular formula is C24H27N3O6S2. The summed E-state index contributed by atoms with van der Waals surface area (Å²) in [4.78, 5) is 32.9. The van der Waals surface area contributed by atoms with Gasteiger partial charge in [0.05, 0.1) is 29.1 Å². The number of carbonyl (C=O) groups excluding carboxylic acids is 1. The highest BCUT2D eigenvalue weighted by Gasteiger charge is 2.30. The molecule has 1 aliphatic heterocycles. The number of carbonyl (C=O) groups is 2. The van der Waals surface area contributed by atoms with Crippen LogP contribution < -0.4 is 10.1 Å². The van der Waals surface area contributed by atoms with Crippen LogP contribution in [0.2, 0.25) is 0 Å². The van der Waals surface area contributed by atoms with E-state index < -0.39 is 27.2 Å². The van der Waals surface area contributed by atoms with E-state index in [1.54, 1.807) is 24.3 Å². The smallest absolute Gasteiger partial charge is 0.337 e. The summed E-state index contributed by atoms with van der Waals surface area (Å²) in [6.45, 7) is 0.300. The van der Waals surface area contributed by atoms with Crippen molar-refractivity contribution in [1.29, 1.82) is 0 Å². The molecule has 2 heterocycles. The molecule has 1 unspecified atom stereocenters. The highest BCUT2D eigenvalue weighted by molar-refractivity contribution is 8.14. The summed E-state index contributed by atoms with van der Waals surface area (Å²) in [5.41, 5.74) is 0.379. The van der Waals surface area contributed by atoms with Crippen LogP contribution in [0.5, 0.6) is 5.75 Å². The molecule has 1 aliphatic carbocycles. The third-order valence-electron chi connectivity index (χ3n) is 6.16. The van der Waals surface area contributed by atoms with Crippen molar-refractivity contribution in [2.75, 3.05) is 12.8 Å². The first-order chi connectivity index (χ1) is 16.7. The van der Waals surface area contributed by atoms with Crippen LogP contribution in [0.4, 0.5) is 0 Å². The van der Waals surface area contributed by atoms with Crippen molar-refractivity contribution in [3.05, 3.63) is 53.9 Å². The number of aliphatic imine (C=N–C) groups is 1. The Bertz CT molecular complexity index is 1220. The van der Waals surface area contributed by atoms with E-state index in [1.165, 1.54) is 30.2 Å². The van der Waals surface area contributed by atoms with Crippen LogP contribution in [0.1, 0.15) is 53.9 Å². The minimum atomic E-state index is -3.32. The van der Waals surface area contributed by atoms with Gasteiger partial charge in [0.2, 0.25) is 5.91 Å². The second kappa shape index (κ2) is 10.8. The van der Waals surface area contributed by atoms with Gasteiger partial charge in [0, 0.05) is 12.5 Å². The molecule has 2 aliphatic rings. The van der Waals surface area contributed by atoms with Crippen molar-refractivity contribution in [1.82, 2.24) is 10.3 Å². The van der Waals surface area contributed by atoms with Gasteiger partial charge in [-0.25, -0.2) is 13.2 Å². The molecule has 2 atom stereocenters. The van der Waals surface area contributed by atoms with Gasteiger partial charge in [-0.3, -0.25) is 14.8 Å². The molecule has 0 saturated heterocycles. The zero-order chi connectivity index (χ0) is 25.0. The van der Waals surface area contributed by atoms with E-state index in [2.05, 4.69) is 15.3 Å². The lowest BCUT2D eigenvalue weighted by Gasteiger charge is -2.21. The van der Waals surface area contributed by atoms with Gasteiger partial charge in [0.15, 0.2) is 20.4 Å². The third-order valence-corrected chi connectivity index (χ3v) is 8.25. The van der Waals surface area contributed by atoms with Crippen LogP contribution >= 0.6 is 11.8 Å². The van der Waals surface area contributed by atoms with Crippen LogP contribution in [-0.4, -0.2) is 53.8 Å². The topological polar surface area (TPSA) is 135 Å². The molecule has 2 N–H and O–H groups in total. The Balaban J connectivity index is 1.42. The van der Waals surface area contributed by atoms with Gasteiger partial charge >= 0.3 is 5.97 Å². The van der Waals surface area contributed by atoms with Crippen molar-refractivity contribution in [2.45, 2.75) is 48.4 Å². The normalized spacial score (nSPS) is 19.2. The second-order valence-electron chi connectivity index (χ2n) is 8.79. The van der Waals surface area contributed by atoms with E-state index in [-0.39, 0.29) is 16.4 Å². The molecule has 186 valence electrons. The molecule has 0 radical (unpaired) electrons. The predicted molar refractivity (Wildman–Crippen MR) is 133 cm³/mol. The number of pyridine rings is 1. The van der Waals surface area contributed by atoms with Crippen molar-refractivity contribution in [2.24, 2.45) is 10.9 Å². The van der Waals surface area contributed by atoms with Crippen molar-refractivity contribution >= 4 is 38.6 Å². The number of hydrogen-bond acceptors (Lipinski definition) is 8. The fourth-order valence-corrected chi connectivity index (χ4v) is 5.85. The van der Waals surface area contributed by atoms with Crippen LogP contribution in [0.15, 0.2) is 52.6 Å². The maximum absolute atomic E-state index is 13.3. The number of ether oxygens (including phenoxy) is 1. The summed E-state index contributed by atoms with van der Waals surface area (Å²) in [7, 11) is -3.32. The van der Waals surface area contributed by atoms with Crippen molar-refractivity contribution in [3.63, 3.8) is 0 Å². The molecule has 0 bridgehead atoms. The maximum Gasteiger partial charge on any atom is 0.337 e. The molecule has 11 heteroatoms. The number of thioether (sulfide) groups is 1. The summed E-state index contributed by atoms with van der Waals surface area (Å²) >= 11 is 1.25. The van der Waals surface area contributed by atoms with Crippen molar-refractivity contribution < 1.29 is 27.9 Å². The number of carboxylic acid groups (broad SMARTS) is 1. The predicted octanol–water partition coefficient (Wildman–Crippen LogP) is 3.47. The number of nitrogens with zero attached hydrogens (tertiary/aromatic N) is 2. The fraction of sp³-hybridized carbons (Fsp3) is 0.417. The van der Waals surface area contributed by atoms with Gasteiger partial charge in [-0.05, 0) is 47.9 Å². The van der Waals surface area contributed by atoms with E-state index in [4.69, 9.17) is 9.84 Å². The molecule has 2 aromatic rings. The van der Waals surface area contributed by atoms with E-state index in [0.29, 0.717) is 29.8 Å². The SMILES string of the molecule is CS(=O)(=O)c1ccc([C@@H](CC2CCCC2)C(=O)NC2=NCC(Oc3cncc(C(=O)O)c3)S2)cc1. The molecular weight excluding hydrogens is 490 g/mol. The average Bonchev–Trinajstić information content (AvgIpc) is 3.49. The quantitative estimate of drug-likeness (QED) is 0.543. The van der Waals surface area contributed by atoms with Crippen LogP contribution in [-0.2, 0) is 14.6 Å². The maximum atomic E-state index is 13.3. The van der Waals surface area contributed by atoms with Gasteiger partial charge in [-0.15, -0.1) is 0 Å². The number of amidine groups is 1. The Morgan fingerprint density at radius 3 is 2.57 bits per heavy atom. The number of carboxylic acids is 1. The minimum absolute atomic E-state index is 0.0246. The number of rotatable bonds is 8. The molecule has 0 spiro atoms. The largest absolute Gasteiger partial charge is 0.478 e. The van der Waals surface area contributed by atoms with E-state index >= 15 is 0 Å². The molecule has 1 amide bonds. The van der Waals surface area contributed by atoms with E-state index in [0.717, 1.165) is 37.5 Å². The van der Waals surface area contributed by atoms with E-state index in [9.17, 15) is 18.0 Å². The number of benzene rings is 1. The summed E-state index contributed by atoms with van der Waals surface area (Å²) in [5.74, 6) is -0.945. The number of sulfone groups is 1. The first-order valence-corrected chi connectivity index (χ1v) is 14.1. The molecule has 1 aromatic heterocycles. The summed E-state index contributed by atoms with van der Waals surface area (Å²) in [6.07, 6.45) is 9.01. The lowest BCUT2D eigenvalue weighted by atomic mass is 9.87. The second-order valence-corrected chi connectivity index (χ2v) is 12.0. The minimum Gasteiger partial charge on any atom is -0.478 e. The van der Waals surface area contributed by atoms with Crippen LogP contribution in [0, 0.1) is 5.92 Å². The lowest BCUT2D eigenvalue weighted by molar-refractivity contribution is -0.121. The number of aromatic carboxylic acids is 1. The number of aromatic nitrogens is 1. The van der Waals surface area contributed by atoms with Gasteiger partial charge in [-0.1, -0.05) is 37.8 Å². The monoisotopic (exact) mass is 517 g/mol. The van der Waals surface area contributed by atoms with Gasteiger partial charge in [0.25, 0.3) is 0 Å². The number of hydrogen-bond donors (Lipinski definition) is 2. The van der Waals surface area contributed by atoms with E-state index in [1.807, 2.05) is 0 Å². The van der Waals surface area contributed by atoms with Gasteiger partial charge in [0.1, 0.15) is 5.75 Å². The molecule has 1 saturated carbocycles. The Hall–Kier alpha value is -2.92. The summed E-state index contributed by atoms with van der Waals surface area (Å²) < 4.78 is 29.4. The van der Waals surface area contributed by atoms with Crippen LogP contribution in [0.3, 0.4) is 0 Å². The zero-order valence-corrected chi connectivity index (χ0v) is 20.8. The molecule has 1 aromatic carbocycles. The molecule has 4 rings (SSSR count). The van der Waals surface area contributed by atoms with Crippen molar-refractivity contribution in [3.8, 4) is 5.75 Å². The fourth-order valence-electron chi connectivity index (χ4n) is 4.35. The van der Waals surface area contributed by atoms with Gasteiger partial charge in [-0.2, -0.15) is 0 Å². The molecule has 35 heavy (non-hydrogen) atoms. The highest BCUT2D eigenvalue weighted by Crippen LogP contribution is 2.35. The Labute approximate surface area is 208 Å². The zero-order valence-electron chi connectivity index (χ0n) is 19.2. The first kappa shape index (κ1) is 25.2. The Morgan fingerprint density at radius 2 is 1.91 bits per heavy atom. The number of amides is 1. The first-order valence-electron chi connectivity index (χ1n) is 11.4. The van der Waals surface area contributed by atoms with Gasteiger partial charge < -0.3 is 15.2 Å². The molecule has 1 fully saturated rings. The lowest BCUT2D eigenvalue weighted by Crippen LogP contribution is -2.33. The summed E-state index contributed by atoms with van der Waals surface area (Å²) in [5, 5.41) is 12.5. The standard InChI is InChI=1S/C24H27N3O6S2/c1-35(31,32)19-8-6-16(7-9-19)20(10-15-4-2-3-5-15)22(28)27-24-26-14-21(34-24)33-18-11-17(23(29)30)12-25-13-18/h6-9,11-13,15,20-21H,2-5,10,14H2,1H3,(H,29,30)(H,26,27,28)/t20-,21?/m1/s1. The summed E-state index contributed by atoms with van der Waals surface area (Å²) in [6, 6.07) is 7.92. The Kier molecular flexibility index (Phi) is 7.75. The average molecular weight is 518 g/mol. The Morgan fingerprint density at radius 1 is 1.20 bits per heavy atom. The highest BCUT2D eigenvalue weighted by atomic mass is 32.2.